The lowest BCUT2D eigenvalue weighted by atomic mass is 9.84. The zero-order valence-electron chi connectivity index (χ0n) is 12.5. The molecule has 3 rings (SSSR count). The molecule has 114 valence electrons. The van der Waals surface area contributed by atoms with Gasteiger partial charge in [0.1, 0.15) is 4.99 Å². The first-order valence-corrected chi connectivity index (χ1v) is 8.68. The molecule has 1 aliphatic carbocycles. The van der Waals surface area contributed by atoms with Crippen molar-refractivity contribution in [1.82, 2.24) is 0 Å². The second-order valence-corrected chi connectivity index (χ2v) is 6.76. The van der Waals surface area contributed by atoms with Gasteiger partial charge in [0.2, 0.25) is 0 Å². The quantitative estimate of drug-likeness (QED) is 0.675. The average molecular weight is 330 g/mol. The lowest BCUT2D eigenvalue weighted by molar-refractivity contribution is 0.443. The van der Waals surface area contributed by atoms with Crippen LogP contribution in [0.3, 0.4) is 0 Å². The Kier molecular flexibility index (Phi) is 5.12. The van der Waals surface area contributed by atoms with Gasteiger partial charge in [0.15, 0.2) is 0 Å². The van der Waals surface area contributed by atoms with Crippen LogP contribution in [0.4, 0.5) is 5.69 Å². The first-order valence-electron chi connectivity index (χ1n) is 7.89. The number of benzene rings is 2. The van der Waals surface area contributed by atoms with E-state index in [1.54, 1.807) is 0 Å². The number of hydrogen-bond donors (Lipinski definition) is 1. The molecule has 1 nitrogen and oxygen atoms in total. The van der Waals surface area contributed by atoms with Gasteiger partial charge in [0.05, 0.1) is 0 Å². The maximum absolute atomic E-state index is 5.90. The predicted octanol–water partition coefficient (Wildman–Crippen LogP) is 6.18. The summed E-state index contributed by atoms with van der Waals surface area (Å²) >= 11 is 11.4. The summed E-state index contributed by atoms with van der Waals surface area (Å²) in [5, 5.41) is 4.02. The molecule has 0 bridgehead atoms. The number of thiocarbonyl (C=S) groups is 1. The Morgan fingerprint density at radius 3 is 2.18 bits per heavy atom. The van der Waals surface area contributed by atoms with E-state index in [0.29, 0.717) is 0 Å². The summed E-state index contributed by atoms with van der Waals surface area (Å²) in [6.45, 7) is 0. The molecule has 0 amide bonds. The van der Waals surface area contributed by atoms with Crippen molar-refractivity contribution in [2.24, 2.45) is 0 Å². The van der Waals surface area contributed by atoms with Gasteiger partial charge in [-0.3, -0.25) is 0 Å². The number of anilines is 1. The molecule has 0 atom stereocenters. The van der Waals surface area contributed by atoms with Gasteiger partial charge in [0.25, 0.3) is 0 Å². The van der Waals surface area contributed by atoms with Crippen LogP contribution < -0.4 is 5.32 Å². The number of rotatable bonds is 3. The van der Waals surface area contributed by atoms with E-state index in [0.717, 1.165) is 27.2 Å². The highest BCUT2D eigenvalue weighted by molar-refractivity contribution is 7.81. The van der Waals surface area contributed by atoms with Crippen LogP contribution >= 0.6 is 23.8 Å². The fourth-order valence-electron chi connectivity index (χ4n) is 3.08. The van der Waals surface area contributed by atoms with Gasteiger partial charge in [-0.2, -0.15) is 0 Å². The fraction of sp³-hybridized carbons (Fsp3) is 0.316. The van der Waals surface area contributed by atoms with Crippen molar-refractivity contribution in [2.75, 3.05) is 5.32 Å². The summed E-state index contributed by atoms with van der Waals surface area (Å²) < 4.78 is 0. The van der Waals surface area contributed by atoms with E-state index >= 15 is 0 Å². The van der Waals surface area contributed by atoms with Crippen LogP contribution in [0.5, 0.6) is 0 Å². The largest absolute Gasteiger partial charge is 0.346 e. The minimum Gasteiger partial charge on any atom is -0.346 e. The highest BCUT2D eigenvalue weighted by atomic mass is 35.5. The van der Waals surface area contributed by atoms with Crippen LogP contribution in [0.2, 0.25) is 5.02 Å². The van der Waals surface area contributed by atoms with E-state index in [-0.39, 0.29) is 0 Å². The molecule has 22 heavy (non-hydrogen) atoms. The highest BCUT2D eigenvalue weighted by Crippen LogP contribution is 2.33. The van der Waals surface area contributed by atoms with Gasteiger partial charge in [-0.25, -0.2) is 0 Å². The molecule has 0 aliphatic heterocycles. The van der Waals surface area contributed by atoms with Crippen molar-refractivity contribution in [3.8, 4) is 0 Å². The zero-order valence-corrected chi connectivity index (χ0v) is 14.1. The monoisotopic (exact) mass is 329 g/mol. The van der Waals surface area contributed by atoms with Crippen molar-refractivity contribution in [2.45, 2.75) is 38.0 Å². The number of nitrogens with one attached hydrogen (secondary N) is 1. The molecule has 2 aromatic rings. The molecular weight excluding hydrogens is 310 g/mol. The molecule has 0 spiro atoms. The third-order valence-corrected chi connectivity index (χ3v) is 4.94. The summed E-state index contributed by atoms with van der Waals surface area (Å²) in [6, 6.07) is 16.3. The molecule has 2 aromatic carbocycles. The van der Waals surface area contributed by atoms with E-state index in [1.165, 1.54) is 37.7 Å². The molecule has 0 aromatic heterocycles. The van der Waals surface area contributed by atoms with E-state index in [2.05, 4.69) is 29.6 Å². The Labute approximate surface area is 142 Å². The maximum atomic E-state index is 5.90. The van der Waals surface area contributed by atoms with Crippen molar-refractivity contribution >= 4 is 34.5 Å². The minimum atomic E-state index is 0.724. The van der Waals surface area contributed by atoms with E-state index < -0.39 is 0 Å². The fourth-order valence-corrected chi connectivity index (χ4v) is 3.46. The molecule has 3 heteroatoms. The molecule has 1 saturated carbocycles. The molecule has 1 aliphatic rings. The molecule has 0 radical (unpaired) electrons. The number of halogens is 1. The Balaban J connectivity index is 1.65. The minimum absolute atomic E-state index is 0.724. The molecule has 0 saturated heterocycles. The van der Waals surface area contributed by atoms with Gasteiger partial charge < -0.3 is 5.32 Å². The summed E-state index contributed by atoms with van der Waals surface area (Å²) in [7, 11) is 0. The van der Waals surface area contributed by atoms with E-state index in [4.69, 9.17) is 23.8 Å². The first-order chi connectivity index (χ1) is 10.7. The Hall–Kier alpha value is -1.38. The zero-order chi connectivity index (χ0) is 15.4. The summed E-state index contributed by atoms with van der Waals surface area (Å²) in [5.41, 5.74) is 3.48. The lowest BCUT2D eigenvalue weighted by Crippen LogP contribution is -2.10. The van der Waals surface area contributed by atoms with Crippen molar-refractivity contribution in [3.05, 3.63) is 64.7 Å². The second-order valence-electron chi connectivity index (χ2n) is 5.92. The SMILES string of the molecule is S=C(Nc1ccc(C2CCCCC2)cc1)c1ccc(Cl)cc1. The molecular formula is C19H20ClNS. The Bertz CT molecular complexity index is 627. The van der Waals surface area contributed by atoms with Crippen LogP contribution in [0.25, 0.3) is 0 Å². The van der Waals surface area contributed by atoms with Crippen LogP contribution in [-0.2, 0) is 0 Å². The summed E-state index contributed by atoms with van der Waals surface area (Å²) in [4.78, 5) is 0.724. The van der Waals surface area contributed by atoms with E-state index in [1.807, 2.05) is 24.3 Å². The number of hydrogen-bond acceptors (Lipinski definition) is 1. The molecule has 0 heterocycles. The summed E-state index contributed by atoms with van der Waals surface area (Å²) in [5.74, 6) is 0.742. The Morgan fingerprint density at radius 1 is 0.909 bits per heavy atom. The van der Waals surface area contributed by atoms with E-state index in [9.17, 15) is 0 Å². The van der Waals surface area contributed by atoms with Gasteiger partial charge in [-0.05, 0) is 48.6 Å². The third-order valence-electron chi connectivity index (χ3n) is 4.35. The van der Waals surface area contributed by atoms with Crippen LogP contribution in [0.1, 0.15) is 49.1 Å². The van der Waals surface area contributed by atoms with Gasteiger partial charge in [-0.1, -0.05) is 67.3 Å². The standard InChI is InChI=1S/C19H20ClNS/c20-17-10-6-16(7-11-17)19(22)21-18-12-8-15(9-13-18)14-4-2-1-3-5-14/h6-14H,1-5H2,(H,21,22). The Morgan fingerprint density at radius 2 is 1.55 bits per heavy atom. The molecule has 0 unspecified atom stereocenters. The predicted molar refractivity (Wildman–Crippen MR) is 99.0 cm³/mol. The highest BCUT2D eigenvalue weighted by Gasteiger charge is 2.15. The molecule has 1 fully saturated rings. The van der Waals surface area contributed by atoms with Crippen molar-refractivity contribution in [3.63, 3.8) is 0 Å². The van der Waals surface area contributed by atoms with Gasteiger partial charge >= 0.3 is 0 Å². The third kappa shape index (κ3) is 3.88. The first kappa shape index (κ1) is 15.5. The normalized spacial score (nSPS) is 15.5. The maximum Gasteiger partial charge on any atom is 0.110 e. The average Bonchev–Trinajstić information content (AvgIpc) is 2.57. The second kappa shape index (κ2) is 7.26. The van der Waals surface area contributed by atoms with Crippen LogP contribution in [0.15, 0.2) is 48.5 Å². The molecule has 1 N–H and O–H groups in total. The smallest absolute Gasteiger partial charge is 0.110 e. The topological polar surface area (TPSA) is 12.0 Å². The van der Waals surface area contributed by atoms with Gasteiger partial charge in [-0.15, -0.1) is 0 Å². The van der Waals surface area contributed by atoms with Gasteiger partial charge in [0, 0.05) is 16.3 Å². The summed E-state index contributed by atoms with van der Waals surface area (Å²) in [6.07, 6.45) is 6.79. The van der Waals surface area contributed by atoms with Crippen LogP contribution in [0, 0.1) is 0 Å². The van der Waals surface area contributed by atoms with Crippen LogP contribution in [-0.4, -0.2) is 4.99 Å². The van der Waals surface area contributed by atoms with Crippen molar-refractivity contribution < 1.29 is 0 Å². The van der Waals surface area contributed by atoms with Crippen molar-refractivity contribution in [1.29, 1.82) is 0 Å². The lowest BCUT2D eigenvalue weighted by Gasteiger charge is -2.22.